The Balaban J connectivity index is 0.000000671. The molecule has 0 saturated carbocycles. The number of imidazole rings is 1. The highest BCUT2D eigenvalue weighted by Crippen LogP contribution is 1.90. The van der Waals surface area contributed by atoms with Gasteiger partial charge in [0.2, 0.25) is 0 Å². The molecule has 4 heteroatoms. The van der Waals surface area contributed by atoms with Crippen LogP contribution in [0.4, 0.5) is 0 Å². The average molecular weight is 181 g/mol. The van der Waals surface area contributed by atoms with Crippen LogP contribution in [0.25, 0.3) is 0 Å². The van der Waals surface area contributed by atoms with E-state index < -0.39 is 0 Å². The molecular weight excluding hydrogens is 166 g/mol. The molecular formula is C9H15N3O. The van der Waals surface area contributed by atoms with Gasteiger partial charge in [0.15, 0.2) is 0 Å². The number of hydrogen-bond acceptors (Lipinski definition) is 2. The Kier molecular flexibility index (Phi) is 5.27. The van der Waals surface area contributed by atoms with Crippen LogP contribution in [0, 0.1) is 6.92 Å². The molecule has 0 aliphatic rings. The number of rotatable bonds is 2. The van der Waals surface area contributed by atoms with E-state index in [-0.39, 0.29) is 5.91 Å². The van der Waals surface area contributed by atoms with E-state index in [4.69, 9.17) is 0 Å². The molecule has 1 rings (SSSR count). The Bertz CT molecular complexity index is 278. The van der Waals surface area contributed by atoms with E-state index in [2.05, 4.69) is 17.0 Å². The Morgan fingerprint density at radius 2 is 2.31 bits per heavy atom. The van der Waals surface area contributed by atoms with Crippen LogP contribution in [0.15, 0.2) is 25.0 Å². The molecule has 1 N–H and O–H groups in total. The molecule has 1 aromatic rings. The predicted molar refractivity (Wildman–Crippen MR) is 52.9 cm³/mol. The van der Waals surface area contributed by atoms with Crippen LogP contribution in [0.3, 0.4) is 0 Å². The van der Waals surface area contributed by atoms with Crippen LogP contribution in [-0.4, -0.2) is 15.6 Å². The lowest BCUT2D eigenvalue weighted by atomic mass is 10.6. The van der Waals surface area contributed by atoms with Gasteiger partial charge in [-0.15, -0.1) is 0 Å². The molecule has 1 aromatic heterocycles. The Labute approximate surface area is 78.3 Å². The molecule has 0 aliphatic carbocycles. The average Bonchev–Trinajstić information content (AvgIpc) is 2.55. The fourth-order valence-corrected chi connectivity index (χ4v) is 0.660. The van der Waals surface area contributed by atoms with Crippen molar-refractivity contribution in [2.75, 3.05) is 5.43 Å². The molecule has 4 nitrogen and oxygen atoms in total. The van der Waals surface area contributed by atoms with Crippen LogP contribution in [-0.2, 0) is 4.79 Å². The van der Waals surface area contributed by atoms with Crippen molar-refractivity contribution >= 4 is 5.91 Å². The van der Waals surface area contributed by atoms with Gasteiger partial charge in [0.1, 0.15) is 5.82 Å². The fourth-order valence-electron chi connectivity index (χ4n) is 0.660. The summed E-state index contributed by atoms with van der Waals surface area (Å²) in [6, 6.07) is 0. The molecule has 1 amide bonds. The summed E-state index contributed by atoms with van der Waals surface area (Å²) in [5.41, 5.74) is 2.54. The van der Waals surface area contributed by atoms with Crippen LogP contribution in [0.5, 0.6) is 0 Å². The van der Waals surface area contributed by atoms with Gasteiger partial charge in [0.25, 0.3) is 5.91 Å². The largest absolute Gasteiger partial charge is 0.268 e. The standard InChI is InChI=1S/C7H9N3O.C2H6/c1-3-7(11)9-10-5-4-8-6(10)2;1-2/h3-5H,1H2,2H3,(H,9,11);1-2H3. The SMILES string of the molecule is C=CC(=O)Nn1ccnc1C.CC. The van der Waals surface area contributed by atoms with Crippen molar-refractivity contribution in [1.82, 2.24) is 9.66 Å². The minimum absolute atomic E-state index is 0.244. The van der Waals surface area contributed by atoms with E-state index in [9.17, 15) is 4.79 Å². The summed E-state index contributed by atoms with van der Waals surface area (Å²) < 4.78 is 1.53. The number of aryl methyl sites for hydroxylation is 1. The van der Waals surface area contributed by atoms with Crippen molar-refractivity contribution in [3.8, 4) is 0 Å². The van der Waals surface area contributed by atoms with Gasteiger partial charge < -0.3 is 0 Å². The third-order valence-electron chi connectivity index (χ3n) is 1.24. The maximum Gasteiger partial charge on any atom is 0.262 e. The molecule has 72 valence electrons. The van der Waals surface area contributed by atoms with Gasteiger partial charge >= 0.3 is 0 Å². The lowest BCUT2D eigenvalue weighted by Crippen LogP contribution is -2.20. The first-order valence-electron chi connectivity index (χ1n) is 4.17. The van der Waals surface area contributed by atoms with Gasteiger partial charge in [-0.25, -0.2) is 9.66 Å². The van der Waals surface area contributed by atoms with Gasteiger partial charge in [0.05, 0.1) is 0 Å². The molecule has 0 aliphatic heterocycles. The molecule has 0 fully saturated rings. The van der Waals surface area contributed by atoms with Crippen LogP contribution < -0.4 is 5.43 Å². The molecule has 0 bridgehead atoms. The highest BCUT2D eigenvalue weighted by atomic mass is 16.2. The summed E-state index contributed by atoms with van der Waals surface area (Å²) in [7, 11) is 0. The smallest absolute Gasteiger partial charge is 0.262 e. The monoisotopic (exact) mass is 181 g/mol. The number of nitrogens with zero attached hydrogens (tertiary/aromatic N) is 2. The number of hydrogen-bond donors (Lipinski definition) is 1. The molecule has 0 atom stereocenters. The lowest BCUT2D eigenvalue weighted by molar-refractivity contribution is -0.112. The summed E-state index contributed by atoms with van der Waals surface area (Å²) in [4.78, 5) is 14.7. The lowest BCUT2D eigenvalue weighted by Gasteiger charge is -2.02. The quantitative estimate of drug-likeness (QED) is 0.702. The van der Waals surface area contributed by atoms with E-state index in [1.807, 2.05) is 13.8 Å². The van der Waals surface area contributed by atoms with E-state index in [0.29, 0.717) is 0 Å². The van der Waals surface area contributed by atoms with Crippen LogP contribution in [0.1, 0.15) is 19.7 Å². The molecule has 0 saturated heterocycles. The minimum Gasteiger partial charge on any atom is -0.268 e. The zero-order valence-electron chi connectivity index (χ0n) is 8.24. The highest BCUT2D eigenvalue weighted by Gasteiger charge is 1.97. The molecule has 0 aromatic carbocycles. The van der Waals surface area contributed by atoms with Crippen LogP contribution in [0.2, 0.25) is 0 Å². The number of aromatic nitrogens is 2. The second kappa shape index (κ2) is 5.99. The van der Waals surface area contributed by atoms with Crippen molar-refractivity contribution in [2.24, 2.45) is 0 Å². The zero-order chi connectivity index (χ0) is 10.3. The second-order valence-corrected chi connectivity index (χ2v) is 2.02. The summed E-state index contributed by atoms with van der Waals surface area (Å²) in [5, 5.41) is 0. The van der Waals surface area contributed by atoms with Gasteiger partial charge in [-0.2, -0.15) is 0 Å². The van der Waals surface area contributed by atoms with Crippen molar-refractivity contribution < 1.29 is 4.79 Å². The van der Waals surface area contributed by atoms with Crippen LogP contribution >= 0.6 is 0 Å². The van der Waals surface area contributed by atoms with Gasteiger partial charge in [-0.05, 0) is 13.0 Å². The number of amides is 1. The number of nitrogens with one attached hydrogen (secondary N) is 1. The topological polar surface area (TPSA) is 46.9 Å². The summed E-state index contributed by atoms with van der Waals surface area (Å²) >= 11 is 0. The molecule has 0 unspecified atom stereocenters. The Hall–Kier alpha value is -1.58. The van der Waals surface area contributed by atoms with Crippen molar-refractivity contribution in [2.45, 2.75) is 20.8 Å². The number of carbonyl (C=O) groups excluding carboxylic acids is 1. The normalized spacial score (nSPS) is 8.23. The zero-order valence-corrected chi connectivity index (χ0v) is 8.24. The third kappa shape index (κ3) is 3.55. The molecule has 13 heavy (non-hydrogen) atoms. The van der Waals surface area contributed by atoms with E-state index >= 15 is 0 Å². The maximum absolute atomic E-state index is 10.8. The summed E-state index contributed by atoms with van der Waals surface area (Å²) in [5.74, 6) is 0.492. The molecule has 0 spiro atoms. The first-order valence-corrected chi connectivity index (χ1v) is 4.17. The van der Waals surface area contributed by atoms with Crippen molar-refractivity contribution in [1.29, 1.82) is 0 Å². The number of carbonyl (C=O) groups is 1. The second-order valence-electron chi connectivity index (χ2n) is 2.02. The molecule has 0 radical (unpaired) electrons. The van der Waals surface area contributed by atoms with Gasteiger partial charge in [-0.1, -0.05) is 20.4 Å². The predicted octanol–water partition coefficient (Wildman–Crippen LogP) is 1.47. The summed E-state index contributed by atoms with van der Waals surface area (Å²) in [6.07, 6.45) is 4.48. The Morgan fingerprint density at radius 3 is 2.69 bits per heavy atom. The van der Waals surface area contributed by atoms with Crippen molar-refractivity contribution in [3.05, 3.63) is 30.9 Å². The maximum atomic E-state index is 10.8. The van der Waals surface area contributed by atoms with E-state index in [0.717, 1.165) is 5.82 Å². The van der Waals surface area contributed by atoms with E-state index in [1.165, 1.54) is 10.8 Å². The minimum atomic E-state index is -0.244. The fraction of sp³-hybridized carbons (Fsp3) is 0.333. The molecule has 1 heterocycles. The first kappa shape index (κ1) is 11.4. The first-order chi connectivity index (χ1) is 6.24. The highest BCUT2D eigenvalue weighted by molar-refractivity contribution is 5.93. The third-order valence-corrected chi connectivity index (χ3v) is 1.24. The van der Waals surface area contributed by atoms with Gasteiger partial charge in [0, 0.05) is 12.4 Å². The van der Waals surface area contributed by atoms with Gasteiger partial charge in [-0.3, -0.25) is 10.2 Å². The van der Waals surface area contributed by atoms with Crippen molar-refractivity contribution in [3.63, 3.8) is 0 Å². The summed E-state index contributed by atoms with van der Waals surface area (Å²) in [6.45, 7) is 9.12. The Morgan fingerprint density at radius 1 is 1.69 bits per heavy atom. The van der Waals surface area contributed by atoms with E-state index in [1.54, 1.807) is 19.3 Å².